The number of rotatable bonds is 3. The van der Waals surface area contributed by atoms with Crippen molar-refractivity contribution in [3.63, 3.8) is 0 Å². The number of aromatic hydroxyl groups is 3. The van der Waals surface area contributed by atoms with Crippen molar-refractivity contribution in [1.82, 2.24) is 0 Å². The normalized spacial score (nSPS) is 10.2. The van der Waals surface area contributed by atoms with Crippen LogP contribution in [0.15, 0.2) is 30.3 Å². The molecule has 6 nitrogen and oxygen atoms in total. The van der Waals surface area contributed by atoms with E-state index in [4.69, 9.17) is 4.74 Å². The van der Waals surface area contributed by atoms with Crippen LogP contribution in [0.25, 0.3) is 0 Å². The van der Waals surface area contributed by atoms with Crippen LogP contribution in [0.1, 0.15) is 15.9 Å². The highest BCUT2D eigenvalue weighted by Gasteiger charge is 2.16. The Bertz CT molecular complexity index is 697. The molecule has 0 aromatic heterocycles. The zero-order valence-electron chi connectivity index (χ0n) is 11.5. The molecule has 0 heterocycles. The third-order valence-electron chi connectivity index (χ3n) is 2.92. The molecule has 0 bridgehead atoms. The number of methoxy groups -OCH3 is 1. The molecule has 0 aliphatic heterocycles. The van der Waals surface area contributed by atoms with Crippen LogP contribution in [0.5, 0.6) is 23.0 Å². The minimum Gasteiger partial charge on any atom is -0.504 e. The first-order valence-corrected chi connectivity index (χ1v) is 6.13. The van der Waals surface area contributed by atoms with E-state index in [2.05, 4.69) is 5.32 Å². The minimum absolute atomic E-state index is 0.0550. The van der Waals surface area contributed by atoms with Gasteiger partial charge in [0.05, 0.1) is 12.7 Å². The number of aryl methyl sites for hydroxylation is 1. The van der Waals surface area contributed by atoms with Crippen LogP contribution in [0.3, 0.4) is 0 Å². The lowest BCUT2D eigenvalue weighted by Crippen LogP contribution is -2.12. The summed E-state index contributed by atoms with van der Waals surface area (Å²) in [6.45, 7) is 1.77. The van der Waals surface area contributed by atoms with Crippen LogP contribution >= 0.6 is 0 Å². The van der Waals surface area contributed by atoms with E-state index in [1.807, 2.05) is 0 Å². The number of phenols is 3. The van der Waals surface area contributed by atoms with Crippen LogP contribution in [0.2, 0.25) is 0 Å². The van der Waals surface area contributed by atoms with Gasteiger partial charge >= 0.3 is 0 Å². The highest BCUT2D eigenvalue weighted by molar-refractivity contribution is 6.06. The Hall–Kier alpha value is -2.89. The summed E-state index contributed by atoms with van der Waals surface area (Å²) in [5, 5.41) is 31.1. The summed E-state index contributed by atoms with van der Waals surface area (Å²) in [5.41, 5.74) is 1.10. The van der Waals surface area contributed by atoms with Crippen LogP contribution in [-0.2, 0) is 0 Å². The predicted octanol–water partition coefficient (Wildman–Crippen LogP) is 2.37. The number of nitrogens with one attached hydrogen (secondary N) is 1. The number of anilines is 1. The summed E-state index contributed by atoms with van der Waals surface area (Å²) >= 11 is 0. The van der Waals surface area contributed by atoms with Crippen molar-refractivity contribution >= 4 is 11.6 Å². The van der Waals surface area contributed by atoms with Gasteiger partial charge in [0.15, 0.2) is 23.0 Å². The number of ether oxygens (including phenoxy) is 1. The molecule has 2 aromatic rings. The summed E-state index contributed by atoms with van der Waals surface area (Å²) in [7, 11) is 1.40. The quantitative estimate of drug-likeness (QED) is 0.513. The number of hydrogen-bond acceptors (Lipinski definition) is 5. The van der Waals surface area contributed by atoms with Crippen molar-refractivity contribution in [2.24, 2.45) is 0 Å². The smallest absolute Gasteiger partial charge is 0.259 e. The highest BCUT2D eigenvalue weighted by Crippen LogP contribution is 2.32. The van der Waals surface area contributed by atoms with Crippen molar-refractivity contribution < 1.29 is 24.9 Å². The molecule has 0 aliphatic rings. The number of hydrogen-bond donors (Lipinski definition) is 4. The van der Waals surface area contributed by atoms with Gasteiger partial charge in [0.25, 0.3) is 5.91 Å². The van der Waals surface area contributed by atoms with E-state index in [0.29, 0.717) is 0 Å². The van der Waals surface area contributed by atoms with E-state index < -0.39 is 5.91 Å². The molecular weight excluding hydrogens is 274 g/mol. The summed E-state index contributed by atoms with van der Waals surface area (Å²) in [5.74, 6) is -1.25. The summed E-state index contributed by atoms with van der Waals surface area (Å²) in [6.07, 6.45) is 0. The van der Waals surface area contributed by atoms with Gasteiger partial charge in [0.2, 0.25) is 0 Å². The van der Waals surface area contributed by atoms with Crippen molar-refractivity contribution in [3.8, 4) is 23.0 Å². The van der Waals surface area contributed by atoms with Crippen molar-refractivity contribution in [2.75, 3.05) is 12.4 Å². The second-order valence-corrected chi connectivity index (χ2v) is 4.52. The number of phenolic OH excluding ortho intramolecular Hbond substituents is 3. The molecule has 0 atom stereocenters. The topological polar surface area (TPSA) is 99.0 Å². The average Bonchev–Trinajstić information content (AvgIpc) is 2.44. The fraction of sp³-hybridized carbons (Fsp3) is 0.133. The van der Waals surface area contributed by atoms with Gasteiger partial charge in [-0.1, -0.05) is 0 Å². The van der Waals surface area contributed by atoms with Gasteiger partial charge in [-0.3, -0.25) is 4.79 Å². The van der Waals surface area contributed by atoms with Crippen LogP contribution in [-0.4, -0.2) is 28.3 Å². The molecular formula is C15H15NO5. The standard InChI is InChI=1S/C15H15NO5/c1-8-5-10(14(19)13(6-8)21-2)15(20)16-9-3-4-11(17)12(18)7-9/h3-7,17-19H,1-2H3,(H,16,20). The van der Waals surface area contributed by atoms with Crippen molar-refractivity contribution in [2.45, 2.75) is 6.92 Å². The molecule has 0 spiro atoms. The van der Waals surface area contributed by atoms with Gasteiger partial charge in [-0.15, -0.1) is 0 Å². The van der Waals surface area contributed by atoms with Gasteiger partial charge in [0, 0.05) is 11.8 Å². The van der Waals surface area contributed by atoms with Crippen LogP contribution in [0.4, 0.5) is 5.69 Å². The van der Waals surface area contributed by atoms with Gasteiger partial charge in [-0.25, -0.2) is 0 Å². The molecule has 110 valence electrons. The van der Waals surface area contributed by atoms with Gasteiger partial charge in [0.1, 0.15) is 0 Å². The third-order valence-corrected chi connectivity index (χ3v) is 2.92. The number of benzene rings is 2. The number of carbonyl (C=O) groups is 1. The van der Waals surface area contributed by atoms with Gasteiger partial charge in [-0.05, 0) is 36.8 Å². The molecule has 4 N–H and O–H groups in total. The fourth-order valence-corrected chi connectivity index (χ4v) is 1.87. The molecule has 0 saturated carbocycles. The Morgan fingerprint density at radius 1 is 1.10 bits per heavy atom. The number of carbonyl (C=O) groups excluding carboxylic acids is 1. The molecule has 2 rings (SSSR count). The first-order chi connectivity index (χ1) is 9.92. The Kier molecular flexibility index (Phi) is 3.89. The van der Waals surface area contributed by atoms with E-state index >= 15 is 0 Å². The average molecular weight is 289 g/mol. The molecule has 21 heavy (non-hydrogen) atoms. The van der Waals surface area contributed by atoms with E-state index in [9.17, 15) is 20.1 Å². The maximum absolute atomic E-state index is 12.2. The zero-order chi connectivity index (χ0) is 15.6. The summed E-state index contributed by atoms with van der Waals surface area (Å²) in [6, 6.07) is 7.02. The Morgan fingerprint density at radius 2 is 1.81 bits per heavy atom. The Morgan fingerprint density at radius 3 is 2.43 bits per heavy atom. The van der Waals surface area contributed by atoms with E-state index in [1.54, 1.807) is 13.0 Å². The van der Waals surface area contributed by atoms with E-state index in [1.165, 1.54) is 31.4 Å². The second kappa shape index (κ2) is 5.62. The van der Waals surface area contributed by atoms with Crippen molar-refractivity contribution in [1.29, 1.82) is 0 Å². The monoisotopic (exact) mass is 289 g/mol. The Labute approximate surface area is 121 Å². The van der Waals surface area contributed by atoms with Gasteiger partial charge in [-0.2, -0.15) is 0 Å². The second-order valence-electron chi connectivity index (χ2n) is 4.52. The summed E-state index contributed by atoms with van der Waals surface area (Å²) in [4.78, 5) is 12.2. The van der Waals surface area contributed by atoms with Crippen molar-refractivity contribution in [3.05, 3.63) is 41.5 Å². The minimum atomic E-state index is -0.556. The molecule has 0 aliphatic carbocycles. The lowest BCUT2D eigenvalue weighted by atomic mass is 10.1. The summed E-state index contributed by atoms with van der Waals surface area (Å²) < 4.78 is 5.00. The van der Waals surface area contributed by atoms with Crippen LogP contribution in [0, 0.1) is 6.92 Å². The largest absolute Gasteiger partial charge is 0.504 e. The maximum atomic E-state index is 12.2. The lowest BCUT2D eigenvalue weighted by Gasteiger charge is -2.11. The molecule has 6 heteroatoms. The predicted molar refractivity (Wildman–Crippen MR) is 77.1 cm³/mol. The molecule has 0 saturated heterocycles. The Balaban J connectivity index is 2.32. The first-order valence-electron chi connectivity index (χ1n) is 6.13. The zero-order valence-corrected chi connectivity index (χ0v) is 11.5. The van der Waals surface area contributed by atoms with E-state index in [0.717, 1.165) is 5.56 Å². The molecule has 2 aromatic carbocycles. The molecule has 0 fully saturated rings. The van der Waals surface area contributed by atoms with Crippen LogP contribution < -0.4 is 10.1 Å². The first kappa shape index (κ1) is 14.5. The fourth-order valence-electron chi connectivity index (χ4n) is 1.87. The van der Waals surface area contributed by atoms with E-state index in [-0.39, 0.29) is 34.2 Å². The molecule has 1 amide bonds. The highest BCUT2D eigenvalue weighted by atomic mass is 16.5. The lowest BCUT2D eigenvalue weighted by molar-refractivity contribution is 0.102. The number of amides is 1. The molecule has 0 radical (unpaired) electrons. The SMILES string of the molecule is COc1cc(C)cc(C(=O)Nc2ccc(O)c(O)c2)c1O. The maximum Gasteiger partial charge on any atom is 0.259 e. The van der Waals surface area contributed by atoms with Gasteiger partial charge < -0.3 is 25.4 Å². The molecule has 0 unspecified atom stereocenters. The third kappa shape index (κ3) is 3.00.